The first-order valence-corrected chi connectivity index (χ1v) is 6.61. The molecule has 2 aromatic rings. The third-order valence-electron chi connectivity index (χ3n) is 3.17. The third kappa shape index (κ3) is 3.42. The van der Waals surface area contributed by atoms with Crippen LogP contribution in [0.2, 0.25) is 0 Å². The van der Waals surface area contributed by atoms with Gasteiger partial charge in [0.1, 0.15) is 12.4 Å². The van der Waals surface area contributed by atoms with Gasteiger partial charge in [0.05, 0.1) is 18.2 Å². The van der Waals surface area contributed by atoms with Crippen LogP contribution in [0.4, 0.5) is 5.69 Å². The van der Waals surface area contributed by atoms with Crippen LogP contribution < -0.4 is 16.0 Å². The molecule has 1 aromatic heterocycles. The fourth-order valence-electron chi connectivity index (χ4n) is 2.21. The maximum Gasteiger partial charge on any atom is 0.250 e. The van der Waals surface area contributed by atoms with Crippen LogP contribution in [0.1, 0.15) is 16.7 Å². The monoisotopic (exact) mass is 283 g/mol. The molecule has 1 aromatic carbocycles. The number of rotatable bonds is 4. The molecule has 0 atom stereocenters. The van der Waals surface area contributed by atoms with Crippen LogP contribution >= 0.6 is 0 Å². The Morgan fingerprint density at radius 2 is 1.95 bits per heavy atom. The van der Waals surface area contributed by atoms with E-state index in [9.17, 15) is 4.79 Å². The van der Waals surface area contributed by atoms with Gasteiger partial charge in [-0.2, -0.15) is 5.26 Å². The molecule has 0 unspecified atom stereocenters. The Bertz CT molecular complexity index is 734. The van der Waals surface area contributed by atoms with E-state index in [2.05, 4.69) is 6.07 Å². The second kappa shape index (κ2) is 6.14. The summed E-state index contributed by atoms with van der Waals surface area (Å²) in [5.41, 5.74) is 8.52. The smallest absolute Gasteiger partial charge is 0.250 e. The van der Waals surface area contributed by atoms with Crippen molar-refractivity contribution in [1.82, 2.24) is 4.57 Å². The zero-order valence-corrected chi connectivity index (χ0v) is 12.1. The molecule has 2 N–H and O–H groups in total. The van der Waals surface area contributed by atoms with Crippen LogP contribution in [0.3, 0.4) is 0 Å². The molecule has 0 aliphatic carbocycles. The minimum absolute atomic E-state index is 0.110. The number of pyridine rings is 1. The molecule has 2 rings (SSSR count). The van der Waals surface area contributed by atoms with Gasteiger partial charge in [-0.15, -0.1) is 0 Å². The van der Waals surface area contributed by atoms with Crippen LogP contribution in [0, 0.1) is 25.2 Å². The Morgan fingerprint density at radius 1 is 1.29 bits per heavy atom. The summed E-state index contributed by atoms with van der Waals surface area (Å²) in [7, 11) is 0. The average molecular weight is 283 g/mol. The second-order valence-electron chi connectivity index (χ2n) is 4.89. The van der Waals surface area contributed by atoms with E-state index in [1.54, 1.807) is 24.4 Å². The van der Waals surface area contributed by atoms with Gasteiger partial charge in [0, 0.05) is 18.0 Å². The topological polar surface area (TPSA) is 81.0 Å². The molecule has 5 nitrogen and oxygen atoms in total. The number of benzene rings is 1. The highest BCUT2D eigenvalue weighted by Gasteiger charge is 2.06. The number of aromatic nitrogens is 1. The molecule has 0 fully saturated rings. The van der Waals surface area contributed by atoms with Gasteiger partial charge in [0.2, 0.25) is 0 Å². The van der Waals surface area contributed by atoms with Crippen LogP contribution in [0.15, 0.2) is 35.3 Å². The normalized spacial score (nSPS) is 10.1. The van der Waals surface area contributed by atoms with Gasteiger partial charge in [0.15, 0.2) is 0 Å². The number of anilines is 1. The molecule has 0 radical (unpaired) electrons. The second-order valence-corrected chi connectivity index (χ2v) is 4.89. The Labute approximate surface area is 123 Å². The first-order chi connectivity index (χ1) is 10.0. The summed E-state index contributed by atoms with van der Waals surface area (Å²) in [6.45, 7) is 4.57. The summed E-state index contributed by atoms with van der Waals surface area (Å²) in [6, 6.07) is 8.71. The Balaban J connectivity index is 2.09. The highest BCUT2D eigenvalue weighted by Crippen LogP contribution is 2.24. The van der Waals surface area contributed by atoms with E-state index in [4.69, 9.17) is 15.7 Å². The van der Waals surface area contributed by atoms with E-state index in [1.165, 1.54) is 10.6 Å². The predicted molar refractivity (Wildman–Crippen MR) is 81.2 cm³/mol. The number of hydrogen-bond acceptors (Lipinski definition) is 4. The van der Waals surface area contributed by atoms with Gasteiger partial charge < -0.3 is 15.0 Å². The fourth-order valence-corrected chi connectivity index (χ4v) is 2.21. The number of hydrogen-bond donors (Lipinski definition) is 1. The van der Waals surface area contributed by atoms with Crippen molar-refractivity contribution in [3.63, 3.8) is 0 Å². The molecule has 0 aliphatic rings. The summed E-state index contributed by atoms with van der Waals surface area (Å²) in [5, 5.41) is 8.92. The highest BCUT2D eigenvalue weighted by molar-refractivity contribution is 5.47. The van der Waals surface area contributed by atoms with Crippen molar-refractivity contribution in [2.24, 2.45) is 0 Å². The van der Waals surface area contributed by atoms with E-state index in [0.29, 0.717) is 24.4 Å². The molecule has 1 heterocycles. The number of nitriles is 1. The lowest BCUT2D eigenvalue weighted by Gasteiger charge is -2.13. The summed E-state index contributed by atoms with van der Waals surface area (Å²) < 4.78 is 7.27. The number of nitrogens with two attached hydrogens (primary N) is 1. The highest BCUT2D eigenvalue weighted by atomic mass is 16.5. The fraction of sp³-hybridized carbons (Fsp3) is 0.250. The molecule has 0 spiro atoms. The quantitative estimate of drug-likeness (QED) is 0.930. The molecule has 0 saturated carbocycles. The predicted octanol–water partition coefficient (Wildman–Crippen LogP) is 2.00. The third-order valence-corrected chi connectivity index (χ3v) is 3.17. The molecule has 21 heavy (non-hydrogen) atoms. The van der Waals surface area contributed by atoms with Crippen molar-refractivity contribution in [3.05, 3.63) is 57.5 Å². The summed E-state index contributed by atoms with van der Waals surface area (Å²) in [4.78, 5) is 11.6. The molecule has 0 bridgehead atoms. The lowest BCUT2D eigenvalue weighted by Crippen LogP contribution is -2.22. The molecule has 0 amide bonds. The van der Waals surface area contributed by atoms with Crippen molar-refractivity contribution in [1.29, 1.82) is 5.26 Å². The largest absolute Gasteiger partial charge is 0.491 e. The van der Waals surface area contributed by atoms with Crippen LogP contribution in [-0.2, 0) is 6.54 Å². The Hall–Kier alpha value is -2.74. The average Bonchev–Trinajstić information content (AvgIpc) is 2.45. The van der Waals surface area contributed by atoms with Crippen molar-refractivity contribution in [2.75, 3.05) is 12.3 Å². The zero-order valence-electron chi connectivity index (χ0n) is 12.1. The number of ether oxygens (including phenoxy) is 1. The van der Waals surface area contributed by atoms with Gasteiger partial charge in [-0.1, -0.05) is 0 Å². The number of aryl methyl sites for hydroxylation is 2. The number of nitrogen functional groups attached to an aromatic ring is 1. The first-order valence-electron chi connectivity index (χ1n) is 6.61. The molecule has 5 heteroatoms. The van der Waals surface area contributed by atoms with Gasteiger partial charge >= 0.3 is 0 Å². The minimum atomic E-state index is -0.110. The minimum Gasteiger partial charge on any atom is -0.491 e. The summed E-state index contributed by atoms with van der Waals surface area (Å²) in [6.07, 6.45) is 1.60. The molecule has 0 aliphatic heterocycles. The van der Waals surface area contributed by atoms with Crippen molar-refractivity contribution in [2.45, 2.75) is 20.4 Å². The molecule has 0 saturated heterocycles. The lowest BCUT2D eigenvalue weighted by atomic mass is 10.1. The summed E-state index contributed by atoms with van der Waals surface area (Å²) in [5.74, 6) is 0.756. The van der Waals surface area contributed by atoms with E-state index in [-0.39, 0.29) is 5.56 Å². The van der Waals surface area contributed by atoms with Crippen LogP contribution in [-0.4, -0.2) is 11.2 Å². The SMILES string of the molecule is Cc1cc(C#N)cc(C)c1OCCn1cc(N)ccc1=O. The number of nitrogens with zero attached hydrogens (tertiary/aromatic N) is 2. The van der Waals surface area contributed by atoms with E-state index in [0.717, 1.165) is 16.9 Å². The Kier molecular flexibility index (Phi) is 4.29. The van der Waals surface area contributed by atoms with E-state index in [1.807, 2.05) is 13.8 Å². The van der Waals surface area contributed by atoms with Gasteiger partial charge in [-0.25, -0.2) is 0 Å². The summed E-state index contributed by atoms with van der Waals surface area (Å²) >= 11 is 0. The maximum atomic E-state index is 11.6. The van der Waals surface area contributed by atoms with Gasteiger partial charge in [-0.05, 0) is 43.2 Å². The molecular formula is C16H17N3O2. The van der Waals surface area contributed by atoms with Crippen molar-refractivity contribution in [3.8, 4) is 11.8 Å². The van der Waals surface area contributed by atoms with Gasteiger partial charge in [0.25, 0.3) is 5.56 Å². The van der Waals surface area contributed by atoms with E-state index >= 15 is 0 Å². The molecular weight excluding hydrogens is 266 g/mol. The van der Waals surface area contributed by atoms with Crippen molar-refractivity contribution >= 4 is 5.69 Å². The van der Waals surface area contributed by atoms with Crippen LogP contribution in [0.5, 0.6) is 5.75 Å². The van der Waals surface area contributed by atoms with Gasteiger partial charge in [-0.3, -0.25) is 4.79 Å². The Morgan fingerprint density at radius 3 is 2.57 bits per heavy atom. The lowest BCUT2D eigenvalue weighted by molar-refractivity contribution is 0.293. The van der Waals surface area contributed by atoms with Crippen molar-refractivity contribution < 1.29 is 4.74 Å². The van der Waals surface area contributed by atoms with E-state index < -0.39 is 0 Å². The van der Waals surface area contributed by atoms with Crippen LogP contribution in [0.25, 0.3) is 0 Å². The molecule has 108 valence electrons. The maximum absolute atomic E-state index is 11.6. The first kappa shape index (κ1) is 14.7. The zero-order chi connectivity index (χ0) is 15.4. The standard InChI is InChI=1S/C16H17N3O2/c1-11-7-13(9-17)8-12(2)16(11)21-6-5-19-10-14(18)3-4-15(19)20/h3-4,7-8,10H,5-6,18H2,1-2H3.